The van der Waals surface area contributed by atoms with Crippen LogP contribution in [0.2, 0.25) is 0 Å². The summed E-state index contributed by atoms with van der Waals surface area (Å²) in [5, 5.41) is 0. The van der Waals surface area contributed by atoms with Crippen molar-refractivity contribution in [3.8, 4) is 5.75 Å². The van der Waals surface area contributed by atoms with Crippen molar-refractivity contribution in [3.63, 3.8) is 0 Å². The number of unbranched alkanes of at least 4 members (excludes halogenated alkanes) is 7. The molecule has 0 fully saturated rings. The van der Waals surface area contributed by atoms with E-state index in [9.17, 15) is 4.79 Å². The SMILES string of the molecule is CCCCCCCCC1CC=C(c2ccc(C(=O)Oc3ccc(CCCCC)cc3)cc2)CC1. The van der Waals surface area contributed by atoms with Gasteiger partial charge in [0.25, 0.3) is 0 Å². The number of esters is 1. The molecule has 2 nitrogen and oxygen atoms in total. The molecule has 2 heteroatoms. The van der Waals surface area contributed by atoms with Crippen LogP contribution in [0.4, 0.5) is 0 Å². The highest BCUT2D eigenvalue weighted by molar-refractivity contribution is 5.91. The van der Waals surface area contributed by atoms with Crippen molar-refractivity contribution in [2.45, 2.75) is 104 Å². The second kappa shape index (κ2) is 14.8. The molecule has 1 aliphatic carbocycles. The number of benzene rings is 2. The van der Waals surface area contributed by atoms with E-state index < -0.39 is 0 Å². The Bertz CT molecular complexity index is 876. The molecule has 1 unspecified atom stereocenters. The van der Waals surface area contributed by atoms with Crippen LogP contribution in [-0.4, -0.2) is 5.97 Å². The van der Waals surface area contributed by atoms with Gasteiger partial charge in [-0.05, 0) is 79.0 Å². The molecule has 0 heterocycles. The van der Waals surface area contributed by atoms with Crippen LogP contribution >= 0.6 is 0 Å². The Labute approximate surface area is 207 Å². The monoisotopic (exact) mass is 460 g/mol. The molecule has 1 aliphatic rings. The minimum Gasteiger partial charge on any atom is -0.423 e. The predicted octanol–water partition coefficient (Wildman–Crippen LogP) is 9.57. The first-order valence-electron chi connectivity index (χ1n) is 13.8. The maximum atomic E-state index is 12.6. The molecule has 0 aromatic heterocycles. The van der Waals surface area contributed by atoms with Gasteiger partial charge in [-0.25, -0.2) is 4.79 Å². The Kier molecular flexibility index (Phi) is 11.4. The number of carbonyl (C=O) groups excluding carboxylic acids is 1. The van der Waals surface area contributed by atoms with Gasteiger partial charge in [0.2, 0.25) is 0 Å². The number of allylic oxidation sites excluding steroid dienone is 2. The number of rotatable bonds is 14. The minimum absolute atomic E-state index is 0.290. The van der Waals surface area contributed by atoms with Gasteiger partial charge in [0.15, 0.2) is 0 Å². The lowest BCUT2D eigenvalue weighted by atomic mass is 9.83. The van der Waals surface area contributed by atoms with Crippen molar-refractivity contribution in [3.05, 3.63) is 71.3 Å². The third kappa shape index (κ3) is 8.78. The van der Waals surface area contributed by atoms with Gasteiger partial charge in [-0.15, -0.1) is 0 Å². The van der Waals surface area contributed by atoms with Crippen LogP contribution < -0.4 is 4.74 Å². The van der Waals surface area contributed by atoms with E-state index in [0.717, 1.165) is 18.8 Å². The molecule has 2 aromatic carbocycles. The number of carbonyl (C=O) groups is 1. The zero-order chi connectivity index (χ0) is 24.0. The molecule has 0 saturated carbocycles. The molecule has 1 atom stereocenters. The first-order valence-corrected chi connectivity index (χ1v) is 13.8. The molecular formula is C32H44O2. The Hall–Kier alpha value is -2.35. The van der Waals surface area contributed by atoms with Crippen LogP contribution in [0.1, 0.15) is 119 Å². The molecule has 0 radical (unpaired) electrons. The van der Waals surface area contributed by atoms with Gasteiger partial charge in [0.1, 0.15) is 5.75 Å². The minimum atomic E-state index is -0.290. The molecule has 184 valence electrons. The van der Waals surface area contributed by atoms with Crippen LogP contribution in [0.25, 0.3) is 5.57 Å². The molecule has 0 spiro atoms. The van der Waals surface area contributed by atoms with Crippen LogP contribution in [0.15, 0.2) is 54.6 Å². The maximum Gasteiger partial charge on any atom is 0.343 e. The summed E-state index contributed by atoms with van der Waals surface area (Å²) in [5.74, 6) is 1.17. The van der Waals surface area contributed by atoms with Gasteiger partial charge in [0, 0.05) is 0 Å². The summed E-state index contributed by atoms with van der Waals surface area (Å²) in [4.78, 5) is 12.6. The van der Waals surface area contributed by atoms with Crippen molar-refractivity contribution in [2.24, 2.45) is 5.92 Å². The number of hydrogen-bond acceptors (Lipinski definition) is 2. The van der Waals surface area contributed by atoms with Gasteiger partial charge in [-0.1, -0.05) is 102 Å². The van der Waals surface area contributed by atoms with E-state index in [1.54, 1.807) is 0 Å². The highest BCUT2D eigenvalue weighted by atomic mass is 16.5. The fourth-order valence-electron chi connectivity index (χ4n) is 4.92. The Balaban J connectivity index is 1.43. The highest BCUT2D eigenvalue weighted by Gasteiger charge is 2.16. The molecule has 0 amide bonds. The van der Waals surface area contributed by atoms with E-state index in [1.165, 1.54) is 93.7 Å². The third-order valence-electron chi connectivity index (χ3n) is 7.18. The topological polar surface area (TPSA) is 26.3 Å². The van der Waals surface area contributed by atoms with Crippen molar-refractivity contribution in [1.82, 2.24) is 0 Å². The summed E-state index contributed by atoms with van der Waals surface area (Å²) in [7, 11) is 0. The van der Waals surface area contributed by atoms with E-state index in [4.69, 9.17) is 4.74 Å². The lowest BCUT2D eigenvalue weighted by Crippen LogP contribution is -2.09. The summed E-state index contributed by atoms with van der Waals surface area (Å²) in [5.41, 5.74) is 4.57. The van der Waals surface area contributed by atoms with E-state index in [-0.39, 0.29) is 5.97 Å². The van der Waals surface area contributed by atoms with Gasteiger partial charge >= 0.3 is 5.97 Å². The molecule has 0 bridgehead atoms. The fourth-order valence-corrected chi connectivity index (χ4v) is 4.92. The summed E-state index contributed by atoms with van der Waals surface area (Å²) >= 11 is 0. The van der Waals surface area contributed by atoms with E-state index in [2.05, 4.69) is 44.2 Å². The van der Waals surface area contributed by atoms with Crippen LogP contribution in [0, 0.1) is 5.92 Å². The fraction of sp³-hybridized carbons (Fsp3) is 0.531. The van der Waals surface area contributed by atoms with E-state index >= 15 is 0 Å². The Morgan fingerprint density at radius 1 is 0.824 bits per heavy atom. The van der Waals surface area contributed by atoms with Crippen molar-refractivity contribution >= 4 is 11.5 Å². The second-order valence-corrected chi connectivity index (χ2v) is 9.99. The van der Waals surface area contributed by atoms with Crippen LogP contribution in [0.3, 0.4) is 0 Å². The first kappa shape index (κ1) is 26.3. The van der Waals surface area contributed by atoms with E-state index in [1.807, 2.05) is 24.3 Å². The van der Waals surface area contributed by atoms with Crippen LogP contribution in [-0.2, 0) is 6.42 Å². The van der Waals surface area contributed by atoms with Crippen LogP contribution in [0.5, 0.6) is 5.75 Å². The summed E-state index contributed by atoms with van der Waals surface area (Å²) in [6.45, 7) is 4.49. The molecule has 3 rings (SSSR count). The number of hydrogen-bond donors (Lipinski definition) is 0. The number of ether oxygens (including phenoxy) is 1. The maximum absolute atomic E-state index is 12.6. The summed E-state index contributed by atoms with van der Waals surface area (Å²) < 4.78 is 5.60. The van der Waals surface area contributed by atoms with Crippen molar-refractivity contribution in [1.29, 1.82) is 0 Å². The molecule has 34 heavy (non-hydrogen) atoms. The molecular weight excluding hydrogens is 416 g/mol. The average Bonchev–Trinajstić information content (AvgIpc) is 2.88. The normalized spacial score (nSPS) is 15.7. The third-order valence-corrected chi connectivity index (χ3v) is 7.18. The smallest absolute Gasteiger partial charge is 0.343 e. The Morgan fingerprint density at radius 3 is 2.18 bits per heavy atom. The highest BCUT2D eigenvalue weighted by Crippen LogP contribution is 2.33. The molecule has 2 aromatic rings. The second-order valence-electron chi connectivity index (χ2n) is 9.99. The van der Waals surface area contributed by atoms with Gasteiger partial charge in [-0.2, -0.15) is 0 Å². The average molecular weight is 461 g/mol. The molecule has 0 aliphatic heterocycles. The first-order chi connectivity index (χ1) is 16.7. The number of aryl methyl sites for hydroxylation is 1. The quantitative estimate of drug-likeness (QED) is 0.159. The zero-order valence-electron chi connectivity index (χ0n) is 21.5. The largest absolute Gasteiger partial charge is 0.423 e. The summed E-state index contributed by atoms with van der Waals surface area (Å²) in [6, 6.07) is 15.9. The van der Waals surface area contributed by atoms with Gasteiger partial charge in [-0.3, -0.25) is 0 Å². The zero-order valence-corrected chi connectivity index (χ0v) is 21.5. The van der Waals surface area contributed by atoms with E-state index in [0.29, 0.717) is 11.3 Å². The molecule has 0 N–H and O–H groups in total. The lowest BCUT2D eigenvalue weighted by Gasteiger charge is -2.22. The Morgan fingerprint density at radius 2 is 1.50 bits per heavy atom. The van der Waals surface area contributed by atoms with Gasteiger partial charge in [0.05, 0.1) is 5.56 Å². The summed E-state index contributed by atoms with van der Waals surface area (Å²) in [6.07, 6.45) is 20.5. The van der Waals surface area contributed by atoms with Crippen molar-refractivity contribution in [2.75, 3.05) is 0 Å². The standard InChI is InChI=1S/C32H44O2/c1-3-5-7-8-9-11-13-26-14-18-28(19-15-26)29-20-22-30(23-21-29)32(33)34-31-24-16-27(17-25-31)12-10-6-4-2/h16-18,20-26H,3-15,19H2,1-2H3. The van der Waals surface area contributed by atoms with Gasteiger partial charge < -0.3 is 4.74 Å². The molecule has 0 saturated heterocycles. The lowest BCUT2D eigenvalue weighted by molar-refractivity contribution is 0.0734. The predicted molar refractivity (Wildman–Crippen MR) is 144 cm³/mol. The van der Waals surface area contributed by atoms with Crippen molar-refractivity contribution < 1.29 is 9.53 Å².